The number of aromatic nitrogens is 2. The second kappa shape index (κ2) is 8.19. The highest BCUT2D eigenvalue weighted by molar-refractivity contribution is 6.31. The lowest BCUT2D eigenvalue weighted by Crippen LogP contribution is -2.08. The number of halogens is 1. The number of rotatable bonds is 7. The third kappa shape index (κ3) is 3.97. The standard InChI is InChI=1S/C21H21ClN2O2/c1-2-3-11-20-23-13-19(15-8-6-9-16(12-15)21(25)26)24(20)14-17-7-4-5-10-18(17)22/h4-10,12-13H,2-3,11,14H2,1H3,(H,25,26). The van der Waals surface area contributed by atoms with E-state index in [0.29, 0.717) is 11.6 Å². The number of aromatic carboxylic acids is 1. The molecule has 1 N–H and O–H groups in total. The van der Waals surface area contributed by atoms with Crippen molar-refractivity contribution in [1.82, 2.24) is 9.55 Å². The average molecular weight is 369 g/mol. The molecule has 3 rings (SSSR count). The molecule has 0 saturated carbocycles. The van der Waals surface area contributed by atoms with E-state index in [0.717, 1.165) is 41.9 Å². The second-order valence-electron chi connectivity index (χ2n) is 6.23. The van der Waals surface area contributed by atoms with Crippen LogP contribution in [-0.4, -0.2) is 20.6 Å². The van der Waals surface area contributed by atoms with Crippen LogP contribution in [0.3, 0.4) is 0 Å². The Morgan fingerprint density at radius 2 is 2.00 bits per heavy atom. The first-order valence-corrected chi connectivity index (χ1v) is 9.09. The van der Waals surface area contributed by atoms with Gasteiger partial charge in [-0.25, -0.2) is 9.78 Å². The summed E-state index contributed by atoms with van der Waals surface area (Å²) in [6, 6.07) is 14.7. The van der Waals surface area contributed by atoms with Gasteiger partial charge in [0.15, 0.2) is 0 Å². The van der Waals surface area contributed by atoms with Crippen molar-refractivity contribution in [2.24, 2.45) is 0 Å². The number of carboxylic acid groups (broad SMARTS) is 1. The number of unbranched alkanes of at least 4 members (excludes halogenated alkanes) is 1. The lowest BCUT2D eigenvalue weighted by Gasteiger charge is -2.14. The molecule has 0 amide bonds. The molecule has 0 radical (unpaired) electrons. The Kier molecular flexibility index (Phi) is 5.74. The van der Waals surface area contributed by atoms with E-state index in [4.69, 9.17) is 11.6 Å². The van der Waals surface area contributed by atoms with Gasteiger partial charge >= 0.3 is 5.97 Å². The van der Waals surface area contributed by atoms with E-state index in [1.54, 1.807) is 18.2 Å². The summed E-state index contributed by atoms with van der Waals surface area (Å²) in [6.07, 6.45) is 4.83. The average Bonchev–Trinajstić information content (AvgIpc) is 3.04. The summed E-state index contributed by atoms with van der Waals surface area (Å²) in [5.74, 6) is 0.0534. The first kappa shape index (κ1) is 18.2. The zero-order valence-corrected chi connectivity index (χ0v) is 15.4. The van der Waals surface area contributed by atoms with Gasteiger partial charge in [-0.15, -0.1) is 0 Å². The van der Waals surface area contributed by atoms with Crippen LogP contribution in [0.4, 0.5) is 0 Å². The highest BCUT2D eigenvalue weighted by atomic mass is 35.5. The summed E-state index contributed by atoms with van der Waals surface area (Å²) in [5.41, 5.74) is 3.02. The molecule has 0 aliphatic carbocycles. The van der Waals surface area contributed by atoms with Crippen LogP contribution < -0.4 is 0 Å². The summed E-state index contributed by atoms with van der Waals surface area (Å²) in [5, 5.41) is 9.99. The molecular formula is C21H21ClN2O2. The van der Waals surface area contributed by atoms with Gasteiger partial charge in [-0.1, -0.05) is 55.3 Å². The molecule has 1 heterocycles. The van der Waals surface area contributed by atoms with Crippen molar-refractivity contribution < 1.29 is 9.90 Å². The van der Waals surface area contributed by atoms with E-state index < -0.39 is 5.97 Å². The maximum atomic E-state index is 11.3. The molecule has 5 heteroatoms. The molecule has 3 aromatic rings. The molecule has 4 nitrogen and oxygen atoms in total. The molecule has 0 spiro atoms. The van der Waals surface area contributed by atoms with Gasteiger partial charge in [0, 0.05) is 17.0 Å². The van der Waals surface area contributed by atoms with Crippen molar-refractivity contribution in [1.29, 1.82) is 0 Å². The molecular weight excluding hydrogens is 348 g/mol. The fraction of sp³-hybridized carbons (Fsp3) is 0.238. The summed E-state index contributed by atoms with van der Waals surface area (Å²) in [4.78, 5) is 15.9. The smallest absolute Gasteiger partial charge is 0.335 e. The predicted octanol–water partition coefficient (Wildman–Crippen LogP) is 5.29. The molecule has 0 unspecified atom stereocenters. The summed E-state index contributed by atoms with van der Waals surface area (Å²) < 4.78 is 2.14. The highest BCUT2D eigenvalue weighted by Crippen LogP contribution is 2.26. The van der Waals surface area contributed by atoms with Gasteiger partial charge < -0.3 is 9.67 Å². The normalized spacial score (nSPS) is 10.8. The van der Waals surface area contributed by atoms with Gasteiger partial charge in [0.05, 0.1) is 24.0 Å². The van der Waals surface area contributed by atoms with Gasteiger partial charge in [0.25, 0.3) is 0 Å². The van der Waals surface area contributed by atoms with Crippen molar-refractivity contribution >= 4 is 17.6 Å². The number of carbonyl (C=O) groups is 1. The number of nitrogens with zero attached hydrogens (tertiary/aromatic N) is 2. The van der Waals surface area contributed by atoms with Crippen LogP contribution >= 0.6 is 11.6 Å². The molecule has 0 aliphatic rings. The number of hydrogen-bond acceptors (Lipinski definition) is 2. The van der Waals surface area contributed by atoms with E-state index >= 15 is 0 Å². The third-order valence-corrected chi connectivity index (χ3v) is 4.75. The minimum absolute atomic E-state index is 0.267. The fourth-order valence-corrected chi connectivity index (χ4v) is 3.16. The van der Waals surface area contributed by atoms with Crippen LogP contribution in [-0.2, 0) is 13.0 Å². The maximum Gasteiger partial charge on any atom is 0.335 e. The zero-order valence-electron chi connectivity index (χ0n) is 14.7. The first-order chi connectivity index (χ1) is 12.6. The number of hydrogen-bond donors (Lipinski definition) is 1. The highest BCUT2D eigenvalue weighted by Gasteiger charge is 2.14. The number of carboxylic acids is 1. The Hall–Kier alpha value is -2.59. The second-order valence-corrected chi connectivity index (χ2v) is 6.63. The number of aryl methyl sites for hydroxylation is 1. The van der Waals surface area contributed by atoms with Gasteiger partial charge in [0.2, 0.25) is 0 Å². The van der Waals surface area contributed by atoms with Gasteiger partial charge in [-0.05, 0) is 30.2 Å². The van der Waals surface area contributed by atoms with Crippen molar-refractivity contribution in [2.45, 2.75) is 32.7 Å². The SMILES string of the molecule is CCCCc1ncc(-c2cccc(C(=O)O)c2)n1Cc1ccccc1Cl. The van der Waals surface area contributed by atoms with Gasteiger partial charge in [0.1, 0.15) is 5.82 Å². The van der Waals surface area contributed by atoms with Crippen LogP contribution in [0.2, 0.25) is 5.02 Å². The molecule has 0 atom stereocenters. The predicted molar refractivity (Wildman–Crippen MR) is 104 cm³/mol. The zero-order chi connectivity index (χ0) is 18.5. The molecule has 0 saturated heterocycles. The molecule has 0 aliphatic heterocycles. The lowest BCUT2D eigenvalue weighted by atomic mass is 10.1. The van der Waals surface area contributed by atoms with E-state index in [-0.39, 0.29) is 5.56 Å². The fourth-order valence-electron chi connectivity index (χ4n) is 2.96. The van der Waals surface area contributed by atoms with Crippen LogP contribution in [0.15, 0.2) is 54.7 Å². The minimum atomic E-state index is -0.935. The Labute approximate surface area is 158 Å². The van der Waals surface area contributed by atoms with Gasteiger partial charge in [-0.3, -0.25) is 0 Å². The quantitative estimate of drug-likeness (QED) is 0.616. The Bertz CT molecular complexity index is 918. The van der Waals surface area contributed by atoms with Crippen molar-refractivity contribution in [3.05, 3.63) is 76.7 Å². The Morgan fingerprint density at radius 3 is 2.73 bits per heavy atom. The molecule has 26 heavy (non-hydrogen) atoms. The monoisotopic (exact) mass is 368 g/mol. The Balaban J connectivity index is 2.05. The third-order valence-electron chi connectivity index (χ3n) is 4.38. The Morgan fingerprint density at radius 1 is 1.19 bits per heavy atom. The van der Waals surface area contributed by atoms with Crippen molar-refractivity contribution in [2.75, 3.05) is 0 Å². The summed E-state index contributed by atoms with van der Waals surface area (Å²) in [6.45, 7) is 2.75. The van der Waals surface area contributed by atoms with Crippen LogP contribution in [0.5, 0.6) is 0 Å². The molecule has 0 fully saturated rings. The number of imidazole rings is 1. The number of benzene rings is 2. The van der Waals surface area contributed by atoms with E-state index in [1.165, 1.54) is 0 Å². The minimum Gasteiger partial charge on any atom is -0.478 e. The molecule has 2 aromatic carbocycles. The molecule has 0 bridgehead atoms. The topological polar surface area (TPSA) is 55.1 Å². The maximum absolute atomic E-state index is 11.3. The van der Waals surface area contributed by atoms with E-state index in [1.807, 2.05) is 36.5 Å². The van der Waals surface area contributed by atoms with Crippen LogP contribution in [0, 0.1) is 0 Å². The summed E-state index contributed by atoms with van der Waals surface area (Å²) >= 11 is 6.35. The molecule has 134 valence electrons. The van der Waals surface area contributed by atoms with E-state index in [9.17, 15) is 9.90 Å². The van der Waals surface area contributed by atoms with Crippen molar-refractivity contribution in [3.8, 4) is 11.3 Å². The first-order valence-electron chi connectivity index (χ1n) is 8.71. The lowest BCUT2D eigenvalue weighted by molar-refractivity contribution is 0.0697. The summed E-state index contributed by atoms with van der Waals surface area (Å²) in [7, 11) is 0. The van der Waals surface area contributed by atoms with Crippen LogP contribution in [0.25, 0.3) is 11.3 Å². The van der Waals surface area contributed by atoms with Gasteiger partial charge in [-0.2, -0.15) is 0 Å². The largest absolute Gasteiger partial charge is 0.478 e. The van der Waals surface area contributed by atoms with Crippen LogP contribution in [0.1, 0.15) is 41.5 Å². The van der Waals surface area contributed by atoms with E-state index in [2.05, 4.69) is 16.5 Å². The van der Waals surface area contributed by atoms with Crippen molar-refractivity contribution in [3.63, 3.8) is 0 Å². The molecule has 1 aromatic heterocycles.